The van der Waals surface area contributed by atoms with Crippen molar-refractivity contribution in [2.75, 3.05) is 6.54 Å². The van der Waals surface area contributed by atoms with Crippen molar-refractivity contribution in [3.8, 4) is 5.75 Å². The predicted molar refractivity (Wildman–Crippen MR) is 121 cm³/mol. The average Bonchev–Trinajstić information content (AvgIpc) is 3.28. The first kappa shape index (κ1) is 28.0. The molecule has 0 saturated carbocycles. The number of amides is 3. The van der Waals surface area contributed by atoms with Crippen LogP contribution in [0.15, 0.2) is 24.3 Å². The van der Waals surface area contributed by atoms with Gasteiger partial charge in [-0.25, -0.2) is 4.79 Å². The molecule has 3 amide bonds. The zero-order valence-electron chi connectivity index (χ0n) is 19.1. The van der Waals surface area contributed by atoms with Gasteiger partial charge in [0.2, 0.25) is 17.7 Å². The van der Waals surface area contributed by atoms with Gasteiger partial charge in [-0.1, -0.05) is 12.1 Å². The minimum absolute atomic E-state index is 0.0123. The number of likely N-dealkylation sites (tertiary alicyclic amines) is 1. The first-order valence-corrected chi connectivity index (χ1v) is 11.0. The first-order chi connectivity index (χ1) is 16.9. The number of carbonyl (C=O) groups is 6. The average molecular weight is 508 g/mol. The molecule has 36 heavy (non-hydrogen) atoms. The molecule has 0 radical (unpaired) electrons. The molecule has 4 atom stereocenters. The lowest BCUT2D eigenvalue weighted by Crippen LogP contribution is -2.57. The Morgan fingerprint density at radius 3 is 2.11 bits per heavy atom. The molecule has 8 N–H and O–H groups in total. The summed E-state index contributed by atoms with van der Waals surface area (Å²) in [7, 11) is 0. The summed E-state index contributed by atoms with van der Waals surface area (Å²) in [6.45, 7) is 0.0553. The number of nitrogens with two attached hydrogens (primary N) is 1. The SMILES string of the molecule is NC(CC(=O)O)C(=O)NC(CC(=O)O)C(=O)N1CCCC1C(=O)NC(Cc1ccc(O)cc1)C(=O)O. The fourth-order valence-electron chi connectivity index (χ4n) is 3.77. The van der Waals surface area contributed by atoms with Gasteiger partial charge in [0, 0.05) is 13.0 Å². The second-order valence-electron chi connectivity index (χ2n) is 8.32. The van der Waals surface area contributed by atoms with E-state index in [-0.39, 0.29) is 25.1 Å². The molecule has 196 valence electrons. The van der Waals surface area contributed by atoms with Gasteiger partial charge in [0.1, 0.15) is 23.9 Å². The van der Waals surface area contributed by atoms with Crippen LogP contribution < -0.4 is 16.4 Å². The summed E-state index contributed by atoms with van der Waals surface area (Å²) in [5.41, 5.74) is 6.01. The van der Waals surface area contributed by atoms with Crippen LogP contribution in [0.2, 0.25) is 0 Å². The van der Waals surface area contributed by atoms with Crippen molar-refractivity contribution in [2.24, 2.45) is 5.73 Å². The van der Waals surface area contributed by atoms with Crippen LogP contribution in [0.1, 0.15) is 31.2 Å². The molecular formula is C22H28N4O10. The Hall–Kier alpha value is -4.20. The quantitative estimate of drug-likeness (QED) is 0.167. The molecular weight excluding hydrogens is 480 g/mol. The number of carbonyl (C=O) groups excluding carboxylic acids is 3. The minimum Gasteiger partial charge on any atom is -0.508 e. The highest BCUT2D eigenvalue weighted by Gasteiger charge is 2.39. The zero-order valence-corrected chi connectivity index (χ0v) is 19.1. The molecule has 1 aromatic rings. The third-order valence-electron chi connectivity index (χ3n) is 5.55. The maximum Gasteiger partial charge on any atom is 0.326 e. The van der Waals surface area contributed by atoms with Crippen molar-refractivity contribution < 1.29 is 49.2 Å². The van der Waals surface area contributed by atoms with Crippen LogP contribution in [-0.2, 0) is 35.2 Å². The number of hydrogen-bond donors (Lipinski definition) is 7. The molecule has 1 fully saturated rings. The number of carboxylic acids is 3. The van der Waals surface area contributed by atoms with Gasteiger partial charge < -0.3 is 41.7 Å². The van der Waals surface area contributed by atoms with E-state index in [2.05, 4.69) is 10.6 Å². The van der Waals surface area contributed by atoms with Crippen LogP contribution in [0.5, 0.6) is 5.75 Å². The number of hydrogen-bond acceptors (Lipinski definition) is 8. The molecule has 14 nitrogen and oxygen atoms in total. The van der Waals surface area contributed by atoms with Gasteiger partial charge in [0.05, 0.1) is 18.9 Å². The summed E-state index contributed by atoms with van der Waals surface area (Å²) in [5, 5.41) is 41.4. The van der Waals surface area contributed by atoms with Gasteiger partial charge in [-0.05, 0) is 30.5 Å². The van der Waals surface area contributed by atoms with Gasteiger partial charge in [-0.2, -0.15) is 0 Å². The number of rotatable bonds is 12. The van der Waals surface area contributed by atoms with Crippen LogP contribution >= 0.6 is 0 Å². The number of benzene rings is 1. The van der Waals surface area contributed by atoms with Crippen LogP contribution in [-0.4, -0.2) is 91.7 Å². The summed E-state index contributed by atoms with van der Waals surface area (Å²) in [5.74, 6) is -6.84. The van der Waals surface area contributed by atoms with E-state index in [4.69, 9.17) is 10.8 Å². The molecule has 1 aliphatic heterocycles. The zero-order chi connectivity index (χ0) is 27.0. The minimum atomic E-state index is -1.62. The van der Waals surface area contributed by atoms with Crippen LogP contribution in [0.3, 0.4) is 0 Å². The Bertz CT molecular complexity index is 1010. The van der Waals surface area contributed by atoms with E-state index in [1.165, 1.54) is 24.3 Å². The van der Waals surface area contributed by atoms with Crippen molar-refractivity contribution in [2.45, 2.75) is 56.3 Å². The number of aliphatic carboxylic acids is 3. The summed E-state index contributed by atoms with van der Waals surface area (Å²) in [6.07, 6.45) is -1.14. The molecule has 0 aliphatic carbocycles. The second-order valence-corrected chi connectivity index (χ2v) is 8.32. The van der Waals surface area contributed by atoms with Crippen molar-refractivity contribution in [1.29, 1.82) is 0 Å². The normalized spacial score (nSPS) is 17.5. The van der Waals surface area contributed by atoms with Crippen LogP contribution in [0.25, 0.3) is 0 Å². The smallest absolute Gasteiger partial charge is 0.326 e. The molecule has 1 saturated heterocycles. The van der Waals surface area contributed by atoms with Crippen molar-refractivity contribution in [1.82, 2.24) is 15.5 Å². The van der Waals surface area contributed by atoms with E-state index in [0.29, 0.717) is 12.0 Å². The fraction of sp³-hybridized carbons (Fsp3) is 0.455. The van der Waals surface area contributed by atoms with Gasteiger partial charge >= 0.3 is 17.9 Å². The molecule has 2 rings (SSSR count). The van der Waals surface area contributed by atoms with Gasteiger partial charge in [0.25, 0.3) is 0 Å². The lowest BCUT2D eigenvalue weighted by Gasteiger charge is -2.29. The molecule has 0 aromatic heterocycles. The van der Waals surface area contributed by atoms with E-state index < -0.39 is 72.6 Å². The molecule has 1 aliphatic rings. The number of phenols is 1. The molecule has 0 bridgehead atoms. The molecule has 0 spiro atoms. The highest BCUT2D eigenvalue weighted by atomic mass is 16.4. The van der Waals surface area contributed by atoms with E-state index >= 15 is 0 Å². The standard InChI is InChI=1S/C22H28N4O10/c23-13(9-17(28)29)19(32)24-14(10-18(30)31)21(34)26-7-1-2-16(26)20(33)25-15(22(35)36)8-11-3-5-12(27)6-4-11/h3-6,13-16,27H,1-2,7-10,23H2,(H,24,32)(H,25,33)(H,28,29)(H,30,31)(H,35,36). The van der Waals surface area contributed by atoms with Crippen LogP contribution in [0.4, 0.5) is 0 Å². The number of carboxylic acid groups (broad SMARTS) is 3. The Morgan fingerprint density at radius 2 is 1.56 bits per heavy atom. The molecule has 1 heterocycles. The lowest BCUT2D eigenvalue weighted by molar-refractivity contribution is -0.147. The van der Waals surface area contributed by atoms with E-state index in [9.17, 15) is 44.1 Å². The van der Waals surface area contributed by atoms with E-state index in [1.807, 2.05) is 0 Å². The van der Waals surface area contributed by atoms with E-state index in [0.717, 1.165) is 4.90 Å². The molecule has 14 heteroatoms. The Balaban J connectivity index is 2.13. The highest BCUT2D eigenvalue weighted by molar-refractivity contribution is 5.96. The third-order valence-corrected chi connectivity index (χ3v) is 5.55. The summed E-state index contributed by atoms with van der Waals surface area (Å²) < 4.78 is 0. The lowest BCUT2D eigenvalue weighted by atomic mass is 10.0. The Labute approximate surface area is 205 Å². The van der Waals surface area contributed by atoms with Crippen molar-refractivity contribution in [3.05, 3.63) is 29.8 Å². The highest BCUT2D eigenvalue weighted by Crippen LogP contribution is 2.20. The summed E-state index contributed by atoms with van der Waals surface area (Å²) >= 11 is 0. The maximum atomic E-state index is 13.1. The maximum absolute atomic E-state index is 13.1. The predicted octanol–water partition coefficient (Wildman–Crippen LogP) is -1.74. The topological polar surface area (TPSA) is 237 Å². The van der Waals surface area contributed by atoms with Gasteiger partial charge in [-0.15, -0.1) is 0 Å². The Kier molecular flexibility index (Phi) is 9.73. The number of aromatic hydroxyl groups is 1. The summed E-state index contributed by atoms with van der Waals surface area (Å²) in [4.78, 5) is 73.0. The monoisotopic (exact) mass is 508 g/mol. The molecule has 4 unspecified atom stereocenters. The molecule has 1 aromatic carbocycles. The third kappa shape index (κ3) is 7.94. The summed E-state index contributed by atoms with van der Waals surface area (Å²) in [6, 6.07) is 0.132. The number of nitrogens with one attached hydrogen (secondary N) is 2. The number of nitrogens with zero attached hydrogens (tertiary/aromatic N) is 1. The first-order valence-electron chi connectivity index (χ1n) is 11.0. The number of phenolic OH excluding ortho intramolecular Hbond substituents is 1. The van der Waals surface area contributed by atoms with Gasteiger partial charge in [0.15, 0.2) is 0 Å². The van der Waals surface area contributed by atoms with Gasteiger partial charge in [-0.3, -0.25) is 24.0 Å². The Morgan fingerprint density at radius 1 is 0.944 bits per heavy atom. The second kappa shape index (κ2) is 12.5. The van der Waals surface area contributed by atoms with E-state index in [1.54, 1.807) is 0 Å². The van der Waals surface area contributed by atoms with Crippen molar-refractivity contribution >= 4 is 35.6 Å². The largest absolute Gasteiger partial charge is 0.508 e. The van der Waals surface area contributed by atoms with Crippen molar-refractivity contribution in [3.63, 3.8) is 0 Å². The fourth-order valence-corrected chi connectivity index (χ4v) is 3.77. The van der Waals surface area contributed by atoms with Crippen LogP contribution in [0, 0.1) is 0 Å².